The molecule has 2 atom stereocenters. The van der Waals surface area contributed by atoms with Crippen LogP contribution in [0.5, 0.6) is 0 Å². The zero-order chi connectivity index (χ0) is 17.1. The van der Waals surface area contributed by atoms with Gasteiger partial charge in [-0.3, -0.25) is 0 Å². The van der Waals surface area contributed by atoms with Gasteiger partial charge in [0.2, 0.25) is 0 Å². The van der Waals surface area contributed by atoms with Gasteiger partial charge in [-0.25, -0.2) is 4.68 Å². The summed E-state index contributed by atoms with van der Waals surface area (Å²) in [4.78, 5) is 2.39. The lowest BCUT2D eigenvalue weighted by Crippen LogP contribution is -2.36. The fraction of sp³-hybridized carbons (Fsp3) is 0.526. The Labute approximate surface area is 149 Å². The molecule has 6 nitrogen and oxygen atoms in total. The minimum Gasteiger partial charge on any atom is -0.378 e. The van der Waals surface area contributed by atoms with Crippen LogP contribution < -0.4 is 15.5 Å². The van der Waals surface area contributed by atoms with Gasteiger partial charge in [-0.2, -0.15) is 5.10 Å². The molecule has 1 aromatic carbocycles. The van der Waals surface area contributed by atoms with Gasteiger partial charge in [-0.05, 0) is 24.6 Å². The summed E-state index contributed by atoms with van der Waals surface area (Å²) in [5.41, 5.74) is 2.63. The van der Waals surface area contributed by atoms with Gasteiger partial charge in [0.1, 0.15) is 5.82 Å². The molecule has 1 aromatic heterocycles. The van der Waals surface area contributed by atoms with Crippen LogP contribution in [0, 0.1) is 5.92 Å². The Balaban J connectivity index is 1.30. The molecule has 3 heterocycles. The lowest BCUT2D eigenvalue weighted by molar-refractivity contribution is 0.122. The molecule has 4 rings (SSSR count). The summed E-state index contributed by atoms with van der Waals surface area (Å²) in [6, 6.07) is 11.3. The third-order valence-electron chi connectivity index (χ3n) is 5.20. The van der Waals surface area contributed by atoms with E-state index in [0.29, 0.717) is 12.0 Å². The molecule has 134 valence electrons. The van der Waals surface area contributed by atoms with E-state index < -0.39 is 0 Å². The molecule has 0 aliphatic carbocycles. The molecule has 2 N–H and O–H groups in total. The van der Waals surface area contributed by atoms with Crippen LogP contribution in [0.3, 0.4) is 0 Å². The first kappa shape index (κ1) is 16.4. The smallest absolute Gasteiger partial charge is 0.124 e. The average molecular weight is 341 g/mol. The Bertz CT molecular complexity index is 677. The summed E-state index contributed by atoms with van der Waals surface area (Å²) in [5.74, 6) is 1.69. The number of hydrogen-bond acceptors (Lipinski definition) is 5. The van der Waals surface area contributed by atoms with E-state index in [1.165, 1.54) is 11.3 Å². The van der Waals surface area contributed by atoms with Gasteiger partial charge in [0.05, 0.1) is 19.4 Å². The van der Waals surface area contributed by atoms with Crippen molar-refractivity contribution in [2.75, 3.05) is 49.6 Å². The van der Waals surface area contributed by atoms with Crippen LogP contribution in [0.4, 0.5) is 11.5 Å². The van der Waals surface area contributed by atoms with Crippen LogP contribution in [-0.2, 0) is 11.3 Å². The number of fused-ring (bicyclic) bond motifs is 1. The van der Waals surface area contributed by atoms with Crippen molar-refractivity contribution in [3.63, 3.8) is 0 Å². The Hall–Kier alpha value is -2.05. The van der Waals surface area contributed by atoms with E-state index in [4.69, 9.17) is 4.74 Å². The standard InChI is InChI=1S/C19H27N5O/c1-15(20-12-16-13-21-19-6-7-22-24(19)14-16)17-2-4-18(5-3-17)23-8-10-25-11-9-23/h2-7,15-16,20-21H,8-14H2,1H3/t15-,16+/m0/s1. The minimum absolute atomic E-state index is 0.345. The van der Waals surface area contributed by atoms with Crippen molar-refractivity contribution in [3.05, 3.63) is 42.1 Å². The number of nitrogens with one attached hydrogen (secondary N) is 2. The lowest BCUT2D eigenvalue weighted by Gasteiger charge is -2.29. The van der Waals surface area contributed by atoms with E-state index in [9.17, 15) is 0 Å². The normalized spacial score (nSPS) is 21.5. The van der Waals surface area contributed by atoms with Crippen molar-refractivity contribution in [2.24, 2.45) is 5.92 Å². The predicted octanol–water partition coefficient (Wildman–Crippen LogP) is 2.11. The molecule has 0 amide bonds. The van der Waals surface area contributed by atoms with Gasteiger partial charge in [-0.1, -0.05) is 12.1 Å². The number of benzene rings is 1. The van der Waals surface area contributed by atoms with Crippen molar-refractivity contribution >= 4 is 11.5 Å². The summed E-state index contributed by atoms with van der Waals surface area (Å²) in [6.45, 7) is 8.82. The van der Waals surface area contributed by atoms with Gasteiger partial charge in [0.15, 0.2) is 0 Å². The van der Waals surface area contributed by atoms with Crippen molar-refractivity contribution in [2.45, 2.75) is 19.5 Å². The molecule has 1 fully saturated rings. The highest BCUT2D eigenvalue weighted by molar-refractivity contribution is 5.48. The fourth-order valence-corrected chi connectivity index (χ4v) is 3.58. The van der Waals surface area contributed by atoms with Gasteiger partial charge in [-0.15, -0.1) is 0 Å². The molecular formula is C19H27N5O. The number of ether oxygens (including phenoxy) is 1. The molecule has 2 aliphatic heterocycles. The molecule has 0 spiro atoms. The van der Waals surface area contributed by atoms with Gasteiger partial charge in [0, 0.05) is 56.4 Å². The molecule has 0 saturated carbocycles. The van der Waals surface area contributed by atoms with E-state index in [2.05, 4.69) is 56.5 Å². The molecule has 25 heavy (non-hydrogen) atoms. The monoisotopic (exact) mass is 341 g/mol. The topological polar surface area (TPSA) is 54.4 Å². The summed E-state index contributed by atoms with van der Waals surface area (Å²) >= 11 is 0. The number of morpholine rings is 1. The lowest BCUT2D eigenvalue weighted by atomic mass is 10.0. The summed E-state index contributed by atoms with van der Waals surface area (Å²) < 4.78 is 7.48. The quantitative estimate of drug-likeness (QED) is 0.872. The Morgan fingerprint density at radius 1 is 1.24 bits per heavy atom. The number of anilines is 2. The highest BCUT2D eigenvalue weighted by Crippen LogP contribution is 2.21. The molecular weight excluding hydrogens is 314 g/mol. The van der Waals surface area contributed by atoms with Gasteiger partial charge < -0.3 is 20.3 Å². The van der Waals surface area contributed by atoms with Crippen molar-refractivity contribution < 1.29 is 4.74 Å². The molecule has 1 saturated heterocycles. The Morgan fingerprint density at radius 3 is 2.84 bits per heavy atom. The van der Waals surface area contributed by atoms with E-state index in [0.717, 1.165) is 51.8 Å². The zero-order valence-corrected chi connectivity index (χ0v) is 14.8. The van der Waals surface area contributed by atoms with Gasteiger partial charge in [0.25, 0.3) is 0 Å². The van der Waals surface area contributed by atoms with Crippen molar-refractivity contribution in [3.8, 4) is 0 Å². The third-order valence-corrected chi connectivity index (χ3v) is 5.20. The second kappa shape index (κ2) is 7.45. The van der Waals surface area contributed by atoms with Crippen LogP contribution in [0.25, 0.3) is 0 Å². The van der Waals surface area contributed by atoms with Crippen LogP contribution >= 0.6 is 0 Å². The van der Waals surface area contributed by atoms with Crippen molar-refractivity contribution in [1.82, 2.24) is 15.1 Å². The molecule has 2 aromatic rings. The zero-order valence-electron chi connectivity index (χ0n) is 14.8. The summed E-state index contributed by atoms with van der Waals surface area (Å²) in [6.07, 6.45) is 1.86. The summed E-state index contributed by atoms with van der Waals surface area (Å²) in [5, 5.41) is 11.5. The minimum atomic E-state index is 0.345. The number of rotatable bonds is 5. The van der Waals surface area contributed by atoms with Crippen LogP contribution in [0.2, 0.25) is 0 Å². The van der Waals surface area contributed by atoms with Crippen LogP contribution in [0.1, 0.15) is 18.5 Å². The largest absolute Gasteiger partial charge is 0.378 e. The highest BCUT2D eigenvalue weighted by Gasteiger charge is 2.19. The Morgan fingerprint density at radius 2 is 2.04 bits per heavy atom. The maximum atomic E-state index is 5.43. The van der Waals surface area contributed by atoms with E-state index in [-0.39, 0.29) is 0 Å². The van der Waals surface area contributed by atoms with Crippen molar-refractivity contribution in [1.29, 1.82) is 0 Å². The number of nitrogens with zero attached hydrogens (tertiary/aromatic N) is 3. The second-order valence-electron chi connectivity index (χ2n) is 6.97. The molecule has 0 radical (unpaired) electrons. The van der Waals surface area contributed by atoms with E-state index >= 15 is 0 Å². The number of hydrogen-bond donors (Lipinski definition) is 2. The molecule has 0 bridgehead atoms. The van der Waals surface area contributed by atoms with Crippen LogP contribution in [-0.4, -0.2) is 49.2 Å². The fourth-order valence-electron chi connectivity index (χ4n) is 3.58. The average Bonchev–Trinajstić information content (AvgIpc) is 3.15. The van der Waals surface area contributed by atoms with E-state index in [1.54, 1.807) is 0 Å². The van der Waals surface area contributed by atoms with Gasteiger partial charge >= 0.3 is 0 Å². The molecule has 6 heteroatoms. The molecule has 0 unspecified atom stereocenters. The van der Waals surface area contributed by atoms with E-state index in [1.807, 2.05) is 12.3 Å². The first-order valence-electron chi connectivity index (χ1n) is 9.21. The predicted molar refractivity (Wildman–Crippen MR) is 100 cm³/mol. The third kappa shape index (κ3) is 3.80. The maximum absolute atomic E-state index is 5.43. The Kier molecular flexibility index (Phi) is 4.90. The second-order valence-corrected chi connectivity index (χ2v) is 6.97. The molecule has 2 aliphatic rings. The highest BCUT2D eigenvalue weighted by atomic mass is 16.5. The first-order valence-corrected chi connectivity index (χ1v) is 9.21. The SMILES string of the molecule is C[C@H](NC[C@@H]1CNc2ccnn2C1)c1ccc(N2CCOCC2)cc1. The van der Waals surface area contributed by atoms with Crippen LogP contribution in [0.15, 0.2) is 36.5 Å². The first-order chi connectivity index (χ1) is 12.3. The maximum Gasteiger partial charge on any atom is 0.124 e. The number of aromatic nitrogens is 2. The summed E-state index contributed by atoms with van der Waals surface area (Å²) in [7, 11) is 0.